The smallest absolute Gasteiger partial charge is 0.340 e. The zero-order valence-electron chi connectivity index (χ0n) is 20.9. The first-order valence-electron chi connectivity index (χ1n) is 11.4. The Bertz CT molecular complexity index is 1070. The van der Waals surface area contributed by atoms with Crippen LogP contribution < -0.4 is 10.6 Å². The summed E-state index contributed by atoms with van der Waals surface area (Å²) in [5.74, 6) is -0.741. The molecule has 2 rings (SSSR count). The highest BCUT2D eigenvalue weighted by atomic mass is 127. The molecule has 0 bridgehead atoms. The molecule has 0 saturated carbocycles. The predicted molar refractivity (Wildman–Crippen MR) is 201 cm³/mol. The summed E-state index contributed by atoms with van der Waals surface area (Å²) in [7, 11) is 3.66. The summed E-state index contributed by atoms with van der Waals surface area (Å²) in [5.41, 5.74) is 2.94. The quantitative estimate of drug-likeness (QED) is 0.112. The van der Waals surface area contributed by atoms with Gasteiger partial charge in [-0.25, -0.2) is 9.59 Å². The number of anilines is 2. The van der Waals surface area contributed by atoms with Gasteiger partial charge in [0.05, 0.1) is 69.3 Å². The number of hydrogen-bond donors (Lipinski definition) is 2. The maximum absolute atomic E-state index is 12.5. The molecule has 0 heterocycles. The van der Waals surface area contributed by atoms with Crippen LogP contribution >= 0.6 is 136 Å². The summed E-state index contributed by atoms with van der Waals surface area (Å²) >= 11 is 13.1. The Balaban J connectivity index is 1.54. The SMILES string of the molecule is CNc1c(I)cc(I)c(C(=O)OCCOCCOCCOCCOC(=O)c2c(I)cc(I)c(NC)c2I)c1I. The zero-order valence-corrected chi connectivity index (χ0v) is 33.9. The maximum atomic E-state index is 12.5. The molecule has 39 heavy (non-hydrogen) atoms. The monoisotopic (exact) mass is 1220 g/mol. The van der Waals surface area contributed by atoms with Crippen molar-refractivity contribution < 1.29 is 33.3 Å². The highest BCUT2D eigenvalue weighted by molar-refractivity contribution is 14.1. The molecule has 0 aliphatic carbocycles. The molecule has 0 amide bonds. The summed E-state index contributed by atoms with van der Waals surface area (Å²) in [6, 6.07) is 3.89. The molecule has 0 radical (unpaired) electrons. The van der Waals surface area contributed by atoms with Crippen molar-refractivity contribution in [3.8, 4) is 0 Å². The van der Waals surface area contributed by atoms with E-state index in [9.17, 15) is 9.59 Å². The van der Waals surface area contributed by atoms with Crippen molar-refractivity contribution in [1.82, 2.24) is 0 Å². The molecule has 0 unspecified atom stereocenters. The van der Waals surface area contributed by atoms with E-state index in [1.165, 1.54) is 0 Å². The average molecular weight is 1220 g/mol. The Hall–Kier alpha value is 1.24. The van der Waals surface area contributed by atoms with E-state index in [0.29, 0.717) is 37.6 Å². The van der Waals surface area contributed by atoms with E-state index >= 15 is 0 Å². The third-order valence-corrected chi connectivity index (χ3v) is 10.5. The van der Waals surface area contributed by atoms with Gasteiger partial charge < -0.3 is 34.3 Å². The highest BCUT2D eigenvalue weighted by Crippen LogP contribution is 2.33. The van der Waals surface area contributed by atoms with Crippen molar-refractivity contribution in [3.05, 3.63) is 44.7 Å². The lowest BCUT2D eigenvalue weighted by Gasteiger charge is -2.14. The second-order valence-electron chi connectivity index (χ2n) is 7.42. The Labute approximate surface area is 309 Å². The molecule has 0 atom stereocenters. The number of esters is 2. The molecule has 2 aromatic rings. The maximum Gasteiger partial charge on any atom is 0.340 e. The lowest BCUT2D eigenvalue weighted by molar-refractivity contribution is -0.00681. The van der Waals surface area contributed by atoms with Crippen molar-refractivity contribution in [2.45, 2.75) is 0 Å². The normalized spacial score (nSPS) is 10.9. The van der Waals surface area contributed by atoms with E-state index < -0.39 is 0 Å². The number of carbonyl (C=O) groups is 2. The zero-order chi connectivity index (χ0) is 28.9. The molecule has 9 nitrogen and oxygen atoms in total. The predicted octanol–water partition coefficient (Wildman–Crippen LogP) is 6.46. The van der Waals surface area contributed by atoms with Gasteiger partial charge in [-0.05, 0) is 148 Å². The molecule has 216 valence electrons. The number of rotatable bonds is 16. The fourth-order valence-electron chi connectivity index (χ4n) is 3.09. The number of hydrogen-bond acceptors (Lipinski definition) is 9. The second kappa shape index (κ2) is 19.5. The number of carbonyl (C=O) groups excluding carboxylic acids is 2. The largest absolute Gasteiger partial charge is 0.460 e. The first-order chi connectivity index (χ1) is 18.6. The van der Waals surface area contributed by atoms with Crippen LogP contribution in [0.15, 0.2) is 12.1 Å². The number of benzene rings is 2. The van der Waals surface area contributed by atoms with E-state index in [0.717, 1.165) is 32.8 Å². The molecule has 2 aromatic carbocycles. The van der Waals surface area contributed by atoms with Gasteiger partial charge in [0.15, 0.2) is 0 Å². The topological polar surface area (TPSA) is 104 Å². The summed E-state index contributed by atoms with van der Waals surface area (Å²) < 4.78 is 32.7. The van der Waals surface area contributed by atoms with Crippen LogP contribution in [0.5, 0.6) is 0 Å². The standard InChI is InChI=1S/C24H26I6N2O7/c1-31-21-15(27)11-13(25)17(19(21)29)23(33)38-9-7-36-5-3-35-4-6-37-8-10-39-24(34)18-14(26)12-16(28)22(32-2)20(18)30/h11-12,31-32H,3-10H2,1-2H3. The van der Waals surface area contributed by atoms with E-state index in [1.54, 1.807) is 0 Å². The third kappa shape index (κ3) is 11.4. The fourth-order valence-corrected chi connectivity index (χ4v) is 11.8. The lowest BCUT2D eigenvalue weighted by atomic mass is 10.2. The first kappa shape index (κ1) is 36.4. The third-order valence-electron chi connectivity index (χ3n) is 4.91. The minimum atomic E-state index is -0.370. The lowest BCUT2D eigenvalue weighted by Crippen LogP contribution is -2.17. The van der Waals surface area contributed by atoms with Gasteiger partial charge >= 0.3 is 11.9 Å². The molecule has 0 spiro atoms. The van der Waals surface area contributed by atoms with Gasteiger partial charge in [-0.15, -0.1) is 0 Å². The van der Waals surface area contributed by atoms with Crippen LogP contribution in [-0.4, -0.2) is 78.9 Å². The van der Waals surface area contributed by atoms with Crippen molar-refractivity contribution >= 4 is 159 Å². The van der Waals surface area contributed by atoms with Gasteiger partial charge in [0, 0.05) is 28.4 Å². The van der Waals surface area contributed by atoms with Crippen molar-refractivity contribution in [3.63, 3.8) is 0 Å². The summed E-state index contributed by atoms with van der Waals surface area (Å²) in [6.45, 7) is 2.40. The van der Waals surface area contributed by atoms with Gasteiger partial charge in [-0.2, -0.15) is 0 Å². The fraction of sp³-hybridized carbons (Fsp3) is 0.417. The Morgan fingerprint density at radius 3 is 1.18 bits per heavy atom. The van der Waals surface area contributed by atoms with Gasteiger partial charge in [0.2, 0.25) is 0 Å². The van der Waals surface area contributed by atoms with Gasteiger partial charge in [-0.1, -0.05) is 0 Å². The minimum Gasteiger partial charge on any atom is -0.460 e. The highest BCUT2D eigenvalue weighted by Gasteiger charge is 2.21. The number of nitrogens with one attached hydrogen (secondary N) is 2. The average Bonchev–Trinajstić information content (AvgIpc) is 2.86. The molecule has 0 saturated heterocycles. The van der Waals surface area contributed by atoms with Crippen LogP contribution in [0.25, 0.3) is 0 Å². The minimum absolute atomic E-state index is 0.157. The number of ether oxygens (including phenoxy) is 5. The molecule has 0 fully saturated rings. The van der Waals surface area contributed by atoms with E-state index in [4.69, 9.17) is 23.7 Å². The summed E-state index contributed by atoms with van der Waals surface area (Å²) in [6.07, 6.45) is 0. The first-order valence-corrected chi connectivity index (χ1v) is 17.9. The van der Waals surface area contributed by atoms with Crippen LogP contribution in [0, 0.1) is 21.4 Å². The van der Waals surface area contributed by atoms with E-state index in [2.05, 4.69) is 146 Å². The van der Waals surface area contributed by atoms with E-state index in [1.807, 2.05) is 26.2 Å². The van der Waals surface area contributed by atoms with Gasteiger partial charge in [0.1, 0.15) is 13.2 Å². The van der Waals surface area contributed by atoms with Gasteiger partial charge in [-0.3, -0.25) is 0 Å². The second-order valence-corrected chi connectivity index (χ2v) is 14.2. The molecule has 0 aliphatic heterocycles. The number of halogens is 6. The molecule has 0 aromatic heterocycles. The van der Waals surface area contributed by atoms with Crippen LogP contribution in [-0.2, 0) is 23.7 Å². The Morgan fingerprint density at radius 2 is 0.872 bits per heavy atom. The molecular weight excluding hydrogens is 1190 g/mol. The molecule has 15 heteroatoms. The van der Waals surface area contributed by atoms with Crippen LogP contribution in [0.4, 0.5) is 11.4 Å². The molecule has 2 N–H and O–H groups in total. The van der Waals surface area contributed by atoms with Crippen LogP contribution in [0.1, 0.15) is 20.7 Å². The van der Waals surface area contributed by atoms with Crippen molar-refractivity contribution in [2.75, 3.05) is 77.6 Å². The molecule has 0 aliphatic rings. The Kier molecular flexibility index (Phi) is 18.2. The van der Waals surface area contributed by atoms with Crippen molar-refractivity contribution in [1.29, 1.82) is 0 Å². The van der Waals surface area contributed by atoms with Crippen LogP contribution in [0.2, 0.25) is 0 Å². The van der Waals surface area contributed by atoms with E-state index in [-0.39, 0.29) is 38.4 Å². The van der Waals surface area contributed by atoms with Crippen molar-refractivity contribution in [2.24, 2.45) is 0 Å². The Morgan fingerprint density at radius 1 is 0.564 bits per heavy atom. The molecular formula is C24H26I6N2O7. The van der Waals surface area contributed by atoms with Gasteiger partial charge in [0.25, 0.3) is 0 Å². The summed E-state index contributed by atoms with van der Waals surface area (Å²) in [5, 5.41) is 6.25. The van der Waals surface area contributed by atoms with Crippen LogP contribution in [0.3, 0.4) is 0 Å². The summed E-state index contributed by atoms with van der Waals surface area (Å²) in [4.78, 5) is 25.1.